The molecule has 0 fully saturated rings. The Morgan fingerprint density at radius 2 is 2.05 bits per heavy atom. The van der Waals surface area contributed by atoms with Gasteiger partial charge in [-0.25, -0.2) is 15.0 Å². The van der Waals surface area contributed by atoms with Crippen molar-refractivity contribution >= 4 is 50.3 Å². The van der Waals surface area contributed by atoms with Crippen molar-refractivity contribution in [3.63, 3.8) is 0 Å². The summed E-state index contributed by atoms with van der Waals surface area (Å²) in [6.07, 6.45) is 1.59. The van der Waals surface area contributed by atoms with Gasteiger partial charge in [0.25, 0.3) is 0 Å². The van der Waals surface area contributed by atoms with E-state index < -0.39 is 0 Å². The Hall–Kier alpha value is -2.18. The quantitative estimate of drug-likeness (QED) is 0.586. The van der Waals surface area contributed by atoms with Gasteiger partial charge in [0.2, 0.25) is 5.95 Å². The summed E-state index contributed by atoms with van der Waals surface area (Å²) in [5.41, 5.74) is 11.1. The number of hydrogen-bond donors (Lipinski definition) is 1. The minimum Gasteiger partial charge on any atom is -0.369 e. The molecule has 0 spiro atoms. The fraction of sp³-hybridized carbons (Fsp3) is 0. The van der Waals surface area contributed by atoms with Gasteiger partial charge in [-0.1, -0.05) is 11.6 Å². The van der Waals surface area contributed by atoms with E-state index >= 15 is 0 Å². The summed E-state index contributed by atoms with van der Waals surface area (Å²) in [6.45, 7) is 0. The van der Waals surface area contributed by atoms with Crippen LogP contribution >= 0.6 is 22.9 Å². The second kappa shape index (κ2) is 4.16. The summed E-state index contributed by atoms with van der Waals surface area (Å²) in [6, 6.07) is 7.70. The van der Waals surface area contributed by atoms with Crippen LogP contribution < -0.4 is 5.73 Å². The highest BCUT2D eigenvalue weighted by Crippen LogP contribution is 2.26. The molecule has 4 aromatic rings. The lowest BCUT2D eigenvalue weighted by molar-refractivity contribution is 1.09. The average molecular weight is 302 g/mol. The third kappa shape index (κ3) is 1.65. The van der Waals surface area contributed by atoms with E-state index in [2.05, 4.69) is 15.0 Å². The summed E-state index contributed by atoms with van der Waals surface area (Å²) in [7, 11) is 0. The van der Waals surface area contributed by atoms with Crippen LogP contribution in [0.25, 0.3) is 27.1 Å². The van der Waals surface area contributed by atoms with Crippen molar-refractivity contribution in [2.75, 3.05) is 5.73 Å². The number of imidazole rings is 1. The summed E-state index contributed by atoms with van der Waals surface area (Å²) in [5, 5.41) is 0.542. The predicted octanol–water partition coefficient (Wildman–Crippen LogP) is 3.27. The van der Waals surface area contributed by atoms with E-state index in [0.717, 1.165) is 15.9 Å². The fourth-order valence-corrected chi connectivity index (χ4v) is 3.06. The van der Waals surface area contributed by atoms with Crippen LogP contribution in [0.2, 0.25) is 5.02 Å². The molecule has 0 unspecified atom stereocenters. The zero-order chi connectivity index (χ0) is 13.7. The lowest BCUT2D eigenvalue weighted by atomic mass is 10.3. The van der Waals surface area contributed by atoms with Crippen molar-refractivity contribution in [3.05, 3.63) is 41.0 Å². The molecule has 3 aromatic heterocycles. The Bertz CT molecular complexity index is 942. The van der Waals surface area contributed by atoms with Gasteiger partial charge in [-0.2, -0.15) is 0 Å². The number of aromatic nitrogens is 4. The molecule has 0 saturated heterocycles. The van der Waals surface area contributed by atoms with Crippen molar-refractivity contribution < 1.29 is 0 Å². The number of nitrogen functional groups attached to an aromatic ring is 1. The Morgan fingerprint density at radius 1 is 1.15 bits per heavy atom. The van der Waals surface area contributed by atoms with Crippen LogP contribution in [0.1, 0.15) is 0 Å². The molecule has 1 aromatic carbocycles. The molecule has 0 bridgehead atoms. The van der Waals surface area contributed by atoms with Crippen LogP contribution in [0, 0.1) is 0 Å². The normalized spacial score (nSPS) is 11.4. The van der Waals surface area contributed by atoms with E-state index in [0.29, 0.717) is 22.1 Å². The molecule has 0 aliphatic rings. The maximum atomic E-state index is 6.01. The Labute approximate surface area is 122 Å². The highest BCUT2D eigenvalue weighted by Gasteiger charge is 2.12. The van der Waals surface area contributed by atoms with E-state index in [-0.39, 0.29) is 0 Å². The molecule has 3 heterocycles. The first kappa shape index (κ1) is 11.6. The van der Waals surface area contributed by atoms with Crippen LogP contribution in [0.3, 0.4) is 0 Å². The number of fused-ring (bicyclic) bond motifs is 2. The Balaban J connectivity index is 2.03. The summed E-state index contributed by atoms with van der Waals surface area (Å²) >= 11 is 7.52. The van der Waals surface area contributed by atoms with Gasteiger partial charge in [-0.3, -0.25) is 4.57 Å². The van der Waals surface area contributed by atoms with E-state index in [1.807, 2.05) is 28.3 Å². The number of anilines is 1. The summed E-state index contributed by atoms with van der Waals surface area (Å²) in [4.78, 5) is 12.9. The third-order valence-electron chi connectivity index (χ3n) is 3.06. The Morgan fingerprint density at radius 3 is 2.95 bits per heavy atom. The van der Waals surface area contributed by atoms with Crippen molar-refractivity contribution in [2.24, 2.45) is 0 Å². The van der Waals surface area contributed by atoms with E-state index in [1.54, 1.807) is 23.6 Å². The lowest BCUT2D eigenvalue weighted by Crippen LogP contribution is -2.01. The van der Waals surface area contributed by atoms with Gasteiger partial charge in [-0.05, 0) is 24.3 Å². The van der Waals surface area contributed by atoms with Crippen molar-refractivity contribution in [3.8, 4) is 5.69 Å². The van der Waals surface area contributed by atoms with Gasteiger partial charge in [0, 0.05) is 6.20 Å². The highest BCUT2D eigenvalue weighted by molar-refractivity contribution is 7.16. The predicted molar refractivity (Wildman–Crippen MR) is 81.5 cm³/mol. The van der Waals surface area contributed by atoms with Gasteiger partial charge in [0.15, 0.2) is 5.65 Å². The average Bonchev–Trinajstić information content (AvgIpc) is 3.00. The minimum atomic E-state index is 0.388. The molecule has 0 saturated carbocycles. The third-order valence-corrected chi connectivity index (χ3v) is 4.06. The smallest absolute Gasteiger partial charge is 0.207 e. The zero-order valence-electron chi connectivity index (χ0n) is 10.1. The van der Waals surface area contributed by atoms with Gasteiger partial charge in [0.1, 0.15) is 5.52 Å². The van der Waals surface area contributed by atoms with Gasteiger partial charge in [0.05, 0.1) is 26.4 Å². The molecule has 0 aliphatic carbocycles. The van der Waals surface area contributed by atoms with Crippen molar-refractivity contribution in [1.29, 1.82) is 0 Å². The number of thiazole rings is 1. The Kier molecular flexibility index (Phi) is 2.42. The summed E-state index contributed by atoms with van der Waals surface area (Å²) in [5.74, 6) is 0.388. The lowest BCUT2D eigenvalue weighted by Gasteiger charge is -2.05. The standard InChI is InChI=1S/C13H8ClN5S/c14-7-3-10-12(16-5-7)19(13(15)18-10)8-1-2-9-11(4-8)20-6-17-9/h1-6H,(H2,15,18). The molecule has 98 valence electrons. The monoisotopic (exact) mass is 301 g/mol. The molecule has 20 heavy (non-hydrogen) atoms. The zero-order valence-corrected chi connectivity index (χ0v) is 11.7. The first-order valence-electron chi connectivity index (χ1n) is 5.85. The first-order valence-corrected chi connectivity index (χ1v) is 7.11. The van der Waals surface area contributed by atoms with E-state index in [9.17, 15) is 0 Å². The van der Waals surface area contributed by atoms with Gasteiger partial charge >= 0.3 is 0 Å². The molecule has 0 amide bonds. The first-order chi connectivity index (χ1) is 9.72. The maximum Gasteiger partial charge on any atom is 0.207 e. The summed E-state index contributed by atoms with van der Waals surface area (Å²) < 4.78 is 2.91. The topological polar surface area (TPSA) is 69.6 Å². The highest BCUT2D eigenvalue weighted by atomic mass is 35.5. The molecular weight excluding hydrogens is 294 g/mol. The molecule has 0 radical (unpaired) electrons. The van der Waals surface area contributed by atoms with Crippen LogP contribution in [0.5, 0.6) is 0 Å². The van der Waals surface area contributed by atoms with Gasteiger partial charge < -0.3 is 5.73 Å². The number of nitrogens with two attached hydrogens (primary N) is 1. The van der Waals surface area contributed by atoms with E-state index in [1.165, 1.54) is 0 Å². The van der Waals surface area contributed by atoms with Crippen LogP contribution in [-0.4, -0.2) is 19.5 Å². The molecule has 0 atom stereocenters. The van der Waals surface area contributed by atoms with Crippen molar-refractivity contribution in [2.45, 2.75) is 0 Å². The van der Waals surface area contributed by atoms with E-state index in [4.69, 9.17) is 17.3 Å². The second-order valence-corrected chi connectivity index (χ2v) is 5.63. The number of pyridine rings is 1. The van der Waals surface area contributed by atoms with Crippen LogP contribution in [0.15, 0.2) is 36.0 Å². The molecule has 7 heteroatoms. The van der Waals surface area contributed by atoms with Crippen LogP contribution in [0.4, 0.5) is 5.95 Å². The molecule has 4 rings (SSSR count). The molecule has 5 nitrogen and oxygen atoms in total. The molecule has 0 aliphatic heterocycles. The van der Waals surface area contributed by atoms with Crippen LogP contribution in [-0.2, 0) is 0 Å². The number of hydrogen-bond acceptors (Lipinski definition) is 5. The number of rotatable bonds is 1. The number of benzene rings is 1. The minimum absolute atomic E-state index is 0.388. The number of halogens is 1. The van der Waals surface area contributed by atoms with Gasteiger partial charge in [-0.15, -0.1) is 11.3 Å². The maximum absolute atomic E-state index is 6.01. The molecule has 2 N–H and O–H groups in total. The SMILES string of the molecule is Nc1nc2cc(Cl)cnc2n1-c1ccc2ncsc2c1. The van der Waals surface area contributed by atoms with Crippen molar-refractivity contribution in [1.82, 2.24) is 19.5 Å². The fourth-order valence-electron chi connectivity index (χ4n) is 2.20. The largest absolute Gasteiger partial charge is 0.369 e. The number of nitrogens with zero attached hydrogens (tertiary/aromatic N) is 4. The second-order valence-electron chi connectivity index (χ2n) is 4.31. The molecular formula is C13H8ClN5S.